The summed E-state index contributed by atoms with van der Waals surface area (Å²) in [6, 6.07) is 3.64. The monoisotopic (exact) mass is 673 g/mol. The van der Waals surface area contributed by atoms with E-state index in [4.69, 9.17) is 5.11 Å². The fourth-order valence-electron chi connectivity index (χ4n) is 5.63. The lowest BCUT2D eigenvalue weighted by molar-refractivity contribution is -0.149. The maximum Gasteiger partial charge on any atom is 0.303 e. The summed E-state index contributed by atoms with van der Waals surface area (Å²) in [7, 11) is 4.66. The predicted molar refractivity (Wildman–Crippen MR) is 188 cm³/mol. The van der Waals surface area contributed by atoms with Crippen LogP contribution >= 0.6 is 0 Å². The van der Waals surface area contributed by atoms with E-state index >= 15 is 0 Å². The van der Waals surface area contributed by atoms with Crippen LogP contribution in [0.2, 0.25) is 0 Å². The van der Waals surface area contributed by atoms with Crippen molar-refractivity contribution >= 4 is 35.2 Å². The molecular weight excluding hydrogens is 614 g/mol. The average molecular weight is 674 g/mol. The van der Waals surface area contributed by atoms with Crippen molar-refractivity contribution in [2.45, 2.75) is 123 Å². The van der Waals surface area contributed by atoms with E-state index in [0.717, 1.165) is 29.5 Å². The summed E-state index contributed by atoms with van der Waals surface area (Å²) in [5, 5.41) is 27.2. The minimum absolute atomic E-state index is 0.0916. The molecule has 0 spiro atoms. The highest BCUT2D eigenvalue weighted by Gasteiger charge is 2.37. The zero-order chi connectivity index (χ0) is 36.4. The summed E-state index contributed by atoms with van der Waals surface area (Å²) in [5.74, 6) is -2.74. The Morgan fingerprint density at radius 2 is 1.44 bits per heavy atom. The number of carbonyl (C=O) groups excluding carboxylic acids is 4. The molecule has 48 heavy (non-hydrogen) atoms. The summed E-state index contributed by atoms with van der Waals surface area (Å²) in [6.45, 7) is 9.08. The summed E-state index contributed by atoms with van der Waals surface area (Å²) in [6.07, 6.45) is 5.87. The molecular formula is C36H59N5O7. The van der Waals surface area contributed by atoms with Crippen LogP contribution in [-0.4, -0.2) is 108 Å². The molecule has 0 heterocycles. The smallest absolute Gasteiger partial charge is 0.303 e. The molecule has 1 aromatic carbocycles. The molecule has 0 aliphatic rings. The molecule has 0 aliphatic carbocycles. The molecule has 0 saturated heterocycles. The van der Waals surface area contributed by atoms with Crippen LogP contribution in [-0.2, 0) is 24.0 Å². The zero-order valence-corrected chi connectivity index (χ0v) is 30.2. The van der Waals surface area contributed by atoms with Crippen molar-refractivity contribution in [3.63, 3.8) is 0 Å². The van der Waals surface area contributed by atoms with Crippen LogP contribution in [0, 0.1) is 6.92 Å². The van der Waals surface area contributed by atoms with Crippen LogP contribution in [0.1, 0.15) is 96.6 Å². The van der Waals surface area contributed by atoms with Crippen LogP contribution in [0.25, 0.3) is 5.57 Å². The molecule has 1 aromatic rings. The number of unbranched alkanes of at least 4 members (excludes halogenated alkanes) is 2. The van der Waals surface area contributed by atoms with E-state index in [-0.39, 0.29) is 25.2 Å². The average Bonchev–Trinajstić information content (AvgIpc) is 3.06. The number of carboxylic acid groups (broad SMARTS) is 1. The molecule has 0 bridgehead atoms. The molecule has 5 atom stereocenters. The molecule has 5 N–H and O–H groups in total. The van der Waals surface area contributed by atoms with E-state index in [1.165, 1.54) is 9.80 Å². The molecule has 0 aliphatic heterocycles. The summed E-state index contributed by atoms with van der Waals surface area (Å²) >= 11 is 0. The molecule has 0 aromatic heterocycles. The molecule has 270 valence electrons. The molecule has 3 unspecified atom stereocenters. The van der Waals surface area contributed by atoms with Crippen molar-refractivity contribution < 1.29 is 34.2 Å². The second-order valence-electron chi connectivity index (χ2n) is 12.5. The van der Waals surface area contributed by atoms with Crippen LogP contribution < -0.4 is 16.0 Å². The van der Waals surface area contributed by atoms with Gasteiger partial charge >= 0.3 is 5.97 Å². The Hall–Kier alpha value is -3.77. The number of allylic oxidation sites excluding steroid dienone is 1. The first-order chi connectivity index (χ1) is 22.8. The molecule has 1 rings (SSSR count). The number of rotatable bonds is 22. The highest BCUT2D eigenvalue weighted by Crippen LogP contribution is 2.25. The second kappa shape index (κ2) is 22.0. The van der Waals surface area contributed by atoms with Gasteiger partial charge in [0.25, 0.3) is 0 Å². The number of likely N-dealkylation sites (N-methyl/N-ethyl adjacent to an activating group) is 3. The number of benzene rings is 1. The van der Waals surface area contributed by atoms with Gasteiger partial charge in [0.2, 0.25) is 23.6 Å². The van der Waals surface area contributed by atoms with Crippen molar-refractivity contribution in [2.24, 2.45) is 0 Å². The number of nitrogens with one attached hydrogen (secondary N) is 3. The number of aliphatic hydroxyl groups excluding tert-OH is 1. The van der Waals surface area contributed by atoms with Crippen LogP contribution in [0.15, 0.2) is 30.3 Å². The highest BCUT2D eigenvalue weighted by molar-refractivity contribution is 5.95. The van der Waals surface area contributed by atoms with Gasteiger partial charge in [-0.25, -0.2) is 0 Å². The van der Waals surface area contributed by atoms with Crippen LogP contribution in [0.5, 0.6) is 0 Å². The normalized spacial score (nSPS) is 14.6. The highest BCUT2D eigenvalue weighted by atomic mass is 16.4. The van der Waals surface area contributed by atoms with E-state index in [1.807, 2.05) is 58.0 Å². The Morgan fingerprint density at radius 1 is 0.854 bits per heavy atom. The second-order valence-corrected chi connectivity index (χ2v) is 12.5. The lowest BCUT2D eigenvalue weighted by Crippen LogP contribution is -2.59. The number of aliphatic carboxylic acids is 1. The minimum atomic E-state index is -1.05. The first kappa shape index (κ1) is 42.3. The predicted octanol–water partition coefficient (Wildman–Crippen LogP) is 3.26. The minimum Gasteiger partial charge on any atom is -0.481 e. The van der Waals surface area contributed by atoms with Gasteiger partial charge in [-0.15, -0.1) is 0 Å². The first-order valence-corrected chi connectivity index (χ1v) is 17.1. The van der Waals surface area contributed by atoms with Gasteiger partial charge in [-0.05, 0) is 63.8 Å². The maximum atomic E-state index is 14.3. The SMILES string of the molecule is C/C=C(/CC(NC(=O)C(CO)NC)C(=O)N(C)[C@@H](CCCC)C(=O)N(C)[C@@H](CCCC)C(=O)NC(C)CCC(=O)O)c1ccccc1C. The van der Waals surface area contributed by atoms with E-state index in [2.05, 4.69) is 16.0 Å². The molecule has 0 saturated carbocycles. The summed E-state index contributed by atoms with van der Waals surface area (Å²) in [4.78, 5) is 69.0. The fourth-order valence-corrected chi connectivity index (χ4v) is 5.63. The number of aryl methyl sites for hydroxylation is 1. The number of amides is 4. The summed E-state index contributed by atoms with van der Waals surface area (Å²) < 4.78 is 0. The van der Waals surface area contributed by atoms with Crippen molar-refractivity contribution in [1.29, 1.82) is 0 Å². The van der Waals surface area contributed by atoms with Crippen molar-refractivity contribution in [2.75, 3.05) is 27.7 Å². The zero-order valence-electron chi connectivity index (χ0n) is 30.2. The third-order valence-corrected chi connectivity index (χ3v) is 8.79. The van der Waals surface area contributed by atoms with E-state index in [1.54, 1.807) is 28.1 Å². The Balaban J connectivity index is 3.47. The van der Waals surface area contributed by atoms with Gasteiger partial charge in [-0.1, -0.05) is 69.9 Å². The molecule has 12 nitrogen and oxygen atoms in total. The molecule has 0 radical (unpaired) electrons. The Labute approximate surface area is 286 Å². The van der Waals surface area contributed by atoms with Gasteiger partial charge in [-0.2, -0.15) is 0 Å². The Morgan fingerprint density at radius 3 is 1.96 bits per heavy atom. The fraction of sp³-hybridized carbons (Fsp3) is 0.639. The van der Waals surface area contributed by atoms with Gasteiger partial charge in [0.15, 0.2) is 0 Å². The van der Waals surface area contributed by atoms with Crippen LogP contribution in [0.3, 0.4) is 0 Å². The maximum absolute atomic E-state index is 14.3. The van der Waals surface area contributed by atoms with Crippen molar-refractivity contribution in [1.82, 2.24) is 25.8 Å². The van der Waals surface area contributed by atoms with E-state index in [0.29, 0.717) is 25.7 Å². The number of nitrogens with zero attached hydrogens (tertiary/aromatic N) is 2. The van der Waals surface area contributed by atoms with Crippen LogP contribution in [0.4, 0.5) is 0 Å². The molecule has 0 fully saturated rings. The van der Waals surface area contributed by atoms with E-state index < -0.39 is 60.5 Å². The number of carboxylic acids is 1. The van der Waals surface area contributed by atoms with Gasteiger partial charge < -0.3 is 36.0 Å². The summed E-state index contributed by atoms with van der Waals surface area (Å²) in [5.41, 5.74) is 2.78. The lowest BCUT2D eigenvalue weighted by atomic mass is 9.93. The third-order valence-electron chi connectivity index (χ3n) is 8.79. The van der Waals surface area contributed by atoms with Gasteiger partial charge in [0, 0.05) is 33.0 Å². The molecule has 4 amide bonds. The van der Waals surface area contributed by atoms with Gasteiger partial charge in [-0.3, -0.25) is 24.0 Å². The molecule has 12 heteroatoms. The standard InChI is InChI=1S/C36H59N5O7/c1-9-12-18-30(34(46)38-25(5)20-21-32(43)44)40(7)36(48)31(19-13-10-2)41(8)35(47)28(39-33(45)29(23-42)37-6)22-26(11-3)27-17-15-14-16-24(27)4/h11,14-17,25,28-31,37,42H,9-10,12-13,18-23H2,1-8H3,(H,38,46)(H,39,45)(H,43,44)/b26-11-/t25?,28?,29?,30-,31-/m0/s1. The number of aliphatic hydroxyl groups is 1. The Bertz CT molecular complexity index is 1230. The topological polar surface area (TPSA) is 168 Å². The lowest BCUT2D eigenvalue weighted by Gasteiger charge is -2.36. The number of hydrogen-bond acceptors (Lipinski definition) is 7. The number of hydrogen-bond donors (Lipinski definition) is 5. The van der Waals surface area contributed by atoms with Crippen molar-refractivity contribution in [3.05, 3.63) is 41.5 Å². The largest absolute Gasteiger partial charge is 0.481 e. The Kier molecular flexibility index (Phi) is 19.3. The van der Waals surface area contributed by atoms with Gasteiger partial charge in [0.1, 0.15) is 24.2 Å². The van der Waals surface area contributed by atoms with Gasteiger partial charge in [0.05, 0.1) is 6.61 Å². The van der Waals surface area contributed by atoms with Crippen molar-refractivity contribution in [3.8, 4) is 0 Å². The first-order valence-electron chi connectivity index (χ1n) is 17.1. The third kappa shape index (κ3) is 13.0. The van der Waals surface area contributed by atoms with E-state index in [9.17, 15) is 29.1 Å². The number of carbonyl (C=O) groups is 5. The quantitative estimate of drug-likeness (QED) is 0.125.